The van der Waals surface area contributed by atoms with E-state index in [1.54, 1.807) is 0 Å². The lowest BCUT2D eigenvalue weighted by atomic mass is 10.3. The maximum absolute atomic E-state index is 8.74. The molecule has 0 rings (SSSR count). The Morgan fingerprint density at radius 1 is 1.60 bits per heavy atom. The smallest absolute Gasteiger partial charge is 0.0584 e. The van der Waals surface area contributed by atoms with E-state index in [4.69, 9.17) is 5.11 Å². The van der Waals surface area contributed by atoms with Crippen LogP contribution < -0.4 is 0 Å². The summed E-state index contributed by atoms with van der Waals surface area (Å²) in [5.74, 6) is 0.919. The minimum Gasteiger partial charge on any atom is -0.395 e. The molecule has 0 fully saturated rings. The molecular weight excluding hydrogens is 146 g/mol. The van der Waals surface area contributed by atoms with Gasteiger partial charge < -0.3 is 10.0 Å². The predicted octanol–water partition coefficient (Wildman–Crippen LogP) is 0.619. The van der Waals surface area contributed by atoms with Crippen LogP contribution in [0.2, 0.25) is 0 Å². The molecule has 0 heterocycles. The van der Waals surface area contributed by atoms with E-state index in [9.17, 15) is 0 Å². The molecular formula is C7H17NOS. The first-order valence-corrected chi connectivity index (χ1v) is 4.27. The lowest BCUT2D eigenvalue weighted by molar-refractivity contribution is 0.160. The van der Waals surface area contributed by atoms with Crippen LogP contribution >= 0.6 is 12.6 Å². The van der Waals surface area contributed by atoms with Gasteiger partial charge in [-0.2, -0.15) is 12.6 Å². The van der Waals surface area contributed by atoms with Gasteiger partial charge in [-0.3, -0.25) is 0 Å². The molecule has 0 spiro atoms. The second kappa shape index (κ2) is 6.01. The van der Waals surface area contributed by atoms with Gasteiger partial charge in [0.25, 0.3) is 0 Å². The van der Waals surface area contributed by atoms with Crippen LogP contribution in [0, 0.1) is 0 Å². The van der Waals surface area contributed by atoms with E-state index in [1.807, 2.05) is 14.0 Å². The number of aliphatic hydroxyl groups is 1. The molecule has 0 bridgehead atoms. The number of rotatable bonds is 5. The third kappa shape index (κ3) is 4.14. The summed E-state index contributed by atoms with van der Waals surface area (Å²) in [6.07, 6.45) is 1.09. The Balaban J connectivity index is 3.31. The zero-order valence-electron chi connectivity index (χ0n) is 6.75. The van der Waals surface area contributed by atoms with Gasteiger partial charge in [0, 0.05) is 6.04 Å². The fourth-order valence-electron chi connectivity index (χ4n) is 0.680. The Morgan fingerprint density at radius 3 is 2.60 bits per heavy atom. The first kappa shape index (κ1) is 10.3. The lowest BCUT2D eigenvalue weighted by Crippen LogP contribution is -2.32. The van der Waals surface area contributed by atoms with E-state index in [2.05, 4.69) is 17.5 Å². The van der Waals surface area contributed by atoms with Gasteiger partial charge >= 0.3 is 0 Å². The van der Waals surface area contributed by atoms with Gasteiger partial charge in [0.15, 0.2) is 0 Å². The number of hydrogen-bond donors (Lipinski definition) is 2. The molecule has 0 saturated carbocycles. The summed E-state index contributed by atoms with van der Waals surface area (Å²) >= 11 is 4.10. The Hall–Kier alpha value is 0.270. The molecule has 0 aliphatic carbocycles. The molecule has 10 heavy (non-hydrogen) atoms. The normalized spacial score (nSPS) is 14.1. The van der Waals surface area contributed by atoms with Crippen molar-refractivity contribution in [1.82, 2.24) is 4.90 Å². The summed E-state index contributed by atoms with van der Waals surface area (Å²) in [6.45, 7) is 3.27. The van der Waals surface area contributed by atoms with Gasteiger partial charge in [-0.1, -0.05) is 0 Å². The SMILES string of the molecule is CC(CO)N(C)CCCS. The quantitative estimate of drug-likeness (QED) is 0.580. The minimum atomic E-state index is 0.239. The number of hydrogen-bond acceptors (Lipinski definition) is 3. The first-order valence-electron chi connectivity index (χ1n) is 3.64. The summed E-state index contributed by atoms with van der Waals surface area (Å²) in [7, 11) is 2.02. The van der Waals surface area contributed by atoms with Crippen LogP contribution in [0.4, 0.5) is 0 Å². The Kier molecular flexibility index (Phi) is 6.17. The molecule has 2 nitrogen and oxygen atoms in total. The first-order chi connectivity index (χ1) is 4.72. The van der Waals surface area contributed by atoms with Crippen LogP contribution in [0.25, 0.3) is 0 Å². The van der Waals surface area contributed by atoms with Crippen LogP contribution in [0.15, 0.2) is 0 Å². The topological polar surface area (TPSA) is 23.5 Å². The lowest BCUT2D eigenvalue weighted by Gasteiger charge is -2.21. The van der Waals surface area contributed by atoms with Crippen molar-refractivity contribution >= 4 is 12.6 Å². The molecule has 1 atom stereocenters. The van der Waals surface area contributed by atoms with Gasteiger partial charge in [0.05, 0.1) is 6.61 Å². The molecule has 3 heteroatoms. The van der Waals surface area contributed by atoms with Crippen LogP contribution in [-0.4, -0.2) is 42.0 Å². The number of aliphatic hydroxyl groups excluding tert-OH is 1. The van der Waals surface area contributed by atoms with Crippen LogP contribution in [0.1, 0.15) is 13.3 Å². The van der Waals surface area contributed by atoms with E-state index in [1.165, 1.54) is 0 Å². The highest BCUT2D eigenvalue weighted by atomic mass is 32.1. The fourth-order valence-corrected chi connectivity index (χ4v) is 0.821. The Labute approximate surface area is 68.6 Å². The van der Waals surface area contributed by atoms with Crippen molar-refractivity contribution in [3.8, 4) is 0 Å². The molecule has 1 N–H and O–H groups in total. The second-order valence-corrected chi connectivity index (χ2v) is 3.04. The van der Waals surface area contributed by atoms with E-state index in [-0.39, 0.29) is 12.6 Å². The second-order valence-electron chi connectivity index (χ2n) is 2.59. The maximum Gasteiger partial charge on any atom is 0.0584 e. The largest absolute Gasteiger partial charge is 0.395 e. The van der Waals surface area contributed by atoms with E-state index in [0.717, 1.165) is 18.7 Å². The van der Waals surface area contributed by atoms with Gasteiger partial charge in [0.1, 0.15) is 0 Å². The molecule has 0 radical (unpaired) electrons. The molecule has 0 aromatic heterocycles. The summed E-state index contributed by atoms with van der Waals surface area (Å²) in [4.78, 5) is 2.14. The van der Waals surface area contributed by atoms with Gasteiger partial charge in [0.2, 0.25) is 0 Å². The Bertz CT molecular complexity index is 80.0. The summed E-state index contributed by atoms with van der Waals surface area (Å²) < 4.78 is 0. The van der Waals surface area contributed by atoms with Crippen molar-refractivity contribution < 1.29 is 5.11 Å². The average Bonchev–Trinajstić information content (AvgIpc) is 1.98. The van der Waals surface area contributed by atoms with Crippen molar-refractivity contribution in [1.29, 1.82) is 0 Å². The standard InChI is InChI=1S/C7H17NOS/c1-7(6-9)8(2)4-3-5-10/h7,9-10H,3-6H2,1-2H3. The number of likely N-dealkylation sites (N-methyl/N-ethyl adjacent to an activating group) is 1. The van der Waals surface area contributed by atoms with Crippen molar-refractivity contribution in [3.63, 3.8) is 0 Å². The highest BCUT2D eigenvalue weighted by Gasteiger charge is 2.05. The van der Waals surface area contributed by atoms with E-state index in [0.29, 0.717) is 0 Å². The van der Waals surface area contributed by atoms with Crippen LogP contribution in [-0.2, 0) is 0 Å². The highest BCUT2D eigenvalue weighted by molar-refractivity contribution is 7.80. The molecule has 0 aromatic rings. The summed E-state index contributed by atoms with van der Waals surface area (Å²) in [6, 6.07) is 0.278. The molecule has 0 aliphatic rings. The molecule has 0 aromatic carbocycles. The van der Waals surface area contributed by atoms with Crippen LogP contribution in [0.5, 0.6) is 0 Å². The molecule has 0 amide bonds. The fraction of sp³-hybridized carbons (Fsp3) is 1.00. The predicted molar refractivity (Wildman–Crippen MR) is 47.6 cm³/mol. The van der Waals surface area contributed by atoms with Crippen molar-refractivity contribution in [2.75, 3.05) is 26.0 Å². The summed E-state index contributed by atoms with van der Waals surface area (Å²) in [5.41, 5.74) is 0. The average molecular weight is 163 g/mol. The van der Waals surface area contributed by atoms with E-state index < -0.39 is 0 Å². The van der Waals surface area contributed by atoms with Gasteiger partial charge in [-0.25, -0.2) is 0 Å². The third-order valence-electron chi connectivity index (χ3n) is 1.69. The van der Waals surface area contributed by atoms with Crippen molar-refractivity contribution in [3.05, 3.63) is 0 Å². The van der Waals surface area contributed by atoms with Crippen molar-refractivity contribution in [2.45, 2.75) is 19.4 Å². The number of thiol groups is 1. The zero-order chi connectivity index (χ0) is 7.98. The number of nitrogens with zero attached hydrogens (tertiary/aromatic N) is 1. The monoisotopic (exact) mass is 163 g/mol. The zero-order valence-corrected chi connectivity index (χ0v) is 7.64. The third-order valence-corrected chi connectivity index (χ3v) is 2.00. The van der Waals surface area contributed by atoms with Gasteiger partial charge in [-0.15, -0.1) is 0 Å². The molecule has 1 unspecified atom stereocenters. The maximum atomic E-state index is 8.74. The molecule has 62 valence electrons. The molecule has 0 saturated heterocycles. The minimum absolute atomic E-state index is 0.239. The van der Waals surface area contributed by atoms with Crippen LogP contribution in [0.3, 0.4) is 0 Å². The molecule has 0 aliphatic heterocycles. The Morgan fingerprint density at radius 2 is 2.20 bits per heavy atom. The van der Waals surface area contributed by atoms with E-state index >= 15 is 0 Å². The highest BCUT2D eigenvalue weighted by Crippen LogP contribution is 1.95. The summed E-state index contributed by atoms with van der Waals surface area (Å²) in [5, 5.41) is 8.74. The van der Waals surface area contributed by atoms with Gasteiger partial charge in [-0.05, 0) is 32.7 Å². The van der Waals surface area contributed by atoms with Crippen molar-refractivity contribution in [2.24, 2.45) is 0 Å².